The van der Waals surface area contributed by atoms with Crippen LogP contribution in [0.25, 0.3) is 0 Å². The first kappa shape index (κ1) is 15.5. The zero-order valence-electron chi connectivity index (χ0n) is 13.5. The van der Waals surface area contributed by atoms with E-state index in [2.05, 4.69) is 62.2 Å². The maximum absolute atomic E-state index is 3.52. The molecule has 2 heteroatoms. The maximum atomic E-state index is 3.52. The fraction of sp³-hybridized carbons (Fsp3) is 0.667. The van der Waals surface area contributed by atoms with Crippen molar-refractivity contribution in [2.75, 3.05) is 19.6 Å². The molecule has 1 fully saturated rings. The molecule has 0 saturated carbocycles. The van der Waals surface area contributed by atoms with Gasteiger partial charge in [0.1, 0.15) is 0 Å². The van der Waals surface area contributed by atoms with Gasteiger partial charge >= 0.3 is 0 Å². The van der Waals surface area contributed by atoms with Gasteiger partial charge in [-0.3, -0.25) is 4.90 Å². The lowest BCUT2D eigenvalue weighted by Gasteiger charge is -2.16. The van der Waals surface area contributed by atoms with E-state index in [0.29, 0.717) is 5.92 Å². The van der Waals surface area contributed by atoms with Crippen molar-refractivity contribution < 1.29 is 0 Å². The van der Waals surface area contributed by atoms with Crippen LogP contribution < -0.4 is 5.32 Å². The Bertz CT molecular complexity index is 404. The highest BCUT2D eigenvalue weighted by molar-refractivity contribution is 5.23. The van der Waals surface area contributed by atoms with Gasteiger partial charge in [-0.2, -0.15) is 0 Å². The standard InChI is InChI=1S/C18H30N2/c1-14(2)9-19-10-17-6-5-7-18(8-17)13-20-11-15(3)16(4)12-20/h5-8,14-16,19H,9-13H2,1-4H3. The molecule has 2 nitrogen and oxygen atoms in total. The molecule has 0 aromatic heterocycles. The van der Waals surface area contributed by atoms with E-state index in [1.807, 2.05) is 0 Å². The molecule has 1 heterocycles. The normalized spacial score (nSPS) is 23.6. The van der Waals surface area contributed by atoms with Crippen LogP contribution in [0.2, 0.25) is 0 Å². The van der Waals surface area contributed by atoms with E-state index in [-0.39, 0.29) is 0 Å². The van der Waals surface area contributed by atoms with Crippen LogP contribution in [0.3, 0.4) is 0 Å². The monoisotopic (exact) mass is 274 g/mol. The Kier molecular flexibility index (Phi) is 5.62. The molecular weight excluding hydrogens is 244 g/mol. The van der Waals surface area contributed by atoms with Gasteiger partial charge in [0.05, 0.1) is 0 Å². The van der Waals surface area contributed by atoms with Crippen LogP contribution in [0.4, 0.5) is 0 Å². The van der Waals surface area contributed by atoms with E-state index in [9.17, 15) is 0 Å². The highest BCUT2D eigenvalue weighted by Crippen LogP contribution is 2.23. The van der Waals surface area contributed by atoms with Gasteiger partial charge in [-0.15, -0.1) is 0 Å². The third-order valence-electron chi connectivity index (χ3n) is 4.34. The van der Waals surface area contributed by atoms with E-state index >= 15 is 0 Å². The summed E-state index contributed by atoms with van der Waals surface area (Å²) in [7, 11) is 0. The number of hydrogen-bond acceptors (Lipinski definition) is 2. The predicted octanol–water partition coefficient (Wildman–Crippen LogP) is 3.52. The molecule has 1 N–H and O–H groups in total. The zero-order chi connectivity index (χ0) is 14.5. The van der Waals surface area contributed by atoms with Gasteiger partial charge in [0, 0.05) is 26.2 Å². The summed E-state index contributed by atoms with van der Waals surface area (Å²) in [6.07, 6.45) is 0. The Morgan fingerprint density at radius 2 is 1.80 bits per heavy atom. The van der Waals surface area contributed by atoms with Crippen LogP contribution in [0, 0.1) is 17.8 Å². The van der Waals surface area contributed by atoms with Crippen LogP contribution in [0.5, 0.6) is 0 Å². The number of hydrogen-bond donors (Lipinski definition) is 1. The molecule has 2 rings (SSSR count). The van der Waals surface area contributed by atoms with Gasteiger partial charge in [0.2, 0.25) is 0 Å². The maximum Gasteiger partial charge on any atom is 0.0234 e. The molecule has 0 amide bonds. The zero-order valence-corrected chi connectivity index (χ0v) is 13.5. The van der Waals surface area contributed by atoms with E-state index in [0.717, 1.165) is 31.5 Å². The Labute approximate surface area is 124 Å². The lowest BCUT2D eigenvalue weighted by molar-refractivity contribution is 0.316. The first-order valence-corrected chi connectivity index (χ1v) is 8.05. The number of rotatable bonds is 6. The first-order valence-electron chi connectivity index (χ1n) is 8.05. The Morgan fingerprint density at radius 3 is 2.45 bits per heavy atom. The molecule has 0 radical (unpaired) electrons. The predicted molar refractivity (Wildman–Crippen MR) is 86.6 cm³/mol. The Balaban J connectivity index is 1.86. The summed E-state index contributed by atoms with van der Waals surface area (Å²) in [5, 5.41) is 3.52. The van der Waals surface area contributed by atoms with Crippen LogP contribution in [0.1, 0.15) is 38.8 Å². The molecule has 112 valence electrons. The van der Waals surface area contributed by atoms with Crippen LogP contribution in [-0.2, 0) is 13.1 Å². The number of nitrogens with zero attached hydrogens (tertiary/aromatic N) is 1. The lowest BCUT2D eigenvalue weighted by atomic mass is 10.0. The summed E-state index contributed by atoms with van der Waals surface area (Å²) in [5.74, 6) is 2.39. The first-order chi connectivity index (χ1) is 9.54. The molecule has 1 saturated heterocycles. The summed E-state index contributed by atoms with van der Waals surface area (Å²) in [6.45, 7) is 14.9. The fourth-order valence-electron chi connectivity index (χ4n) is 2.98. The van der Waals surface area contributed by atoms with E-state index in [1.54, 1.807) is 0 Å². The fourth-order valence-corrected chi connectivity index (χ4v) is 2.98. The third-order valence-corrected chi connectivity index (χ3v) is 4.34. The molecule has 0 aliphatic carbocycles. The quantitative estimate of drug-likeness (QED) is 0.854. The summed E-state index contributed by atoms with van der Waals surface area (Å²) >= 11 is 0. The highest BCUT2D eigenvalue weighted by atomic mass is 15.1. The smallest absolute Gasteiger partial charge is 0.0234 e. The molecule has 1 aromatic carbocycles. The number of nitrogens with one attached hydrogen (secondary N) is 1. The van der Waals surface area contributed by atoms with Crippen molar-refractivity contribution in [1.29, 1.82) is 0 Å². The van der Waals surface area contributed by atoms with Crippen LogP contribution >= 0.6 is 0 Å². The number of likely N-dealkylation sites (tertiary alicyclic amines) is 1. The van der Waals surface area contributed by atoms with E-state index < -0.39 is 0 Å². The second-order valence-corrected chi connectivity index (χ2v) is 6.99. The van der Waals surface area contributed by atoms with Gasteiger partial charge in [-0.25, -0.2) is 0 Å². The molecule has 20 heavy (non-hydrogen) atoms. The van der Waals surface area contributed by atoms with Gasteiger partial charge in [0.25, 0.3) is 0 Å². The average molecular weight is 274 g/mol. The van der Waals surface area contributed by atoms with E-state index in [1.165, 1.54) is 24.2 Å². The average Bonchev–Trinajstić information content (AvgIpc) is 2.68. The van der Waals surface area contributed by atoms with E-state index in [4.69, 9.17) is 0 Å². The minimum atomic E-state index is 0.714. The van der Waals surface area contributed by atoms with Crippen molar-refractivity contribution in [3.63, 3.8) is 0 Å². The second kappa shape index (κ2) is 7.24. The molecule has 0 bridgehead atoms. The summed E-state index contributed by atoms with van der Waals surface area (Å²) in [5.41, 5.74) is 2.86. The minimum absolute atomic E-state index is 0.714. The Morgan fingerprint density at radius 1 is 1.15 bits per heavy atom. The molecule has 1 aliphatic heterocycles. The van der Waals surface area contributed by atoms with Gasteiger partial charge in [-0.05, 0) is 35.4 Å². The summed E-state index contributed by atoms with van der Waals surface area (Å²) < 4.78 is 0. The van der Waals surface area contributed by atoms with Gasteiger partial charge in [-0.1, -0.05) is 52.0 Å². The molecule has 0 spiro atoms. The van der Waals surface area contributed by atoms with Crippen molar-refractivity contribution in [1.82, 2.24) is 10.2 Å². The Hall–Kier alpha value is -0.860. The molecule has 2 unspecified atom stereocenters. The largest absolute Gasteiger partial charge is 0.312 e. The van der Waals surface area contributed by atoms with Crippen LogP contribution in [-0.4, -0.2) is 24.5 Å². The lowest BCUT2D eigenvalue weighted by Crippen LogP contribution is -2.21. The van der Waals surface area contributed by atoms with Gasteiger partial charge < -0.3 is 5.32 Å². The third kappa shape index (κ3) is 4.60. The molecule has 1 aliphatic rings. The highest BCUT2D eigenvalue weighted by Gasteiger charge is 2.25. The molecule has 1 aromatic rings. The second-order valence-electron chi connectivity index (χ2n) is 6.99. The minimum Gasteiger partial charge on any atom is -0.312 e. The van der Waals surface area contributed by atoms with Crippen molar-refractivity contribution in [3.8, 4) is 0 Å². The van der Waals surface area contributed by atoms with Crippen molar-refractivity contribution in [2.24, 2.45) is 17.8 Å². The summed E-state index contributed by atoms with van der Waals surface area (Å²) in [4.78, 5) is 2.59. The molecular formula is C18H30N2. The van der Waals surface area contributed by atoms with Crippen molar-refractivity contribution in [3.05, 3.63) is 35.4 Å². The number of benzene rings is 1. The SMILES string of the molecule is CC(C)CNCc1cccc(CN2CC(C)C(C)C2)c1. The van der Waals surface area contributed by atoms with Crippen LogP contribution in [0.15, 0.2) is 24.3 Å². The van der Waals surface area contributed by atoms with Gasteiger partial charge in [0.15, 0.2) is 0 Å². The van der Waals surface area contributed by atoms with Crippen molar-refractivity contribution >= 4 is 0 Å². The summed E-state index contributed by atoms with van der Waals surface area (Å²) in [6, 6.07) is 9.05. The topological polar surface area (TPSA) is 15.3 Å². The van der Waals surface area contributed by atoms with Crippen molar-refractivity contribution in [2.45, 2.75) is 40.8 Å². The molecule has 2 atom stereocenters.